The average Bonchev–Trinajstić information content (AvgIpc) is 3.21. The number of aliphatic hydroxyl groups excluding tert-OH is 1. The number of ether oxygens (including phenoxy) is 2. The molecule has 0 bridgehead atoms. The number of ketones is 1. The van der Waals surface area contributed by atoms with Gasteiger partial charge in [0.1, 0.15) is 24.3 Å². The molecule has 3 rings (SSSR count). The number of hydrogen-bond acceptors (Lipinski definition) is 5. The van der Waals surface area contributed by atoms with Crippen LogP contribution < -0.4 is 4.74 Å². The van der Waals surface area contributed by atoms with E-state index in [1.54, 1.807) is 36.4 Å². The number of para-hydroxylation sites is 1. The Morgan fingerprint density at radius 1 is 1.28 bits per heavy atom. The van der Waals surface area contributed by atoms with E-state index in [4.69, 9.17) is 9.47 Å². The molecule has 2 atom stereocenters. The van der Waals surface area contributed by atoms with Crippen LogP contribution in [0.1, 0.15) is 35.7 Å². The van der Waals surface area contributed by atoms with Crippen LogP contribution in [0.5, 0.6) is 5.75 Å². The van der Waals surface area contributed by atoms with E-state index in [1.165, 1.54) is 19.1 Å². The van der Waals surface area contributed by atoms with E-state index in [9.17, 15) is 14.3 Å². The van der Waals surface area contributed by atoms with E-state index in [1.807, 2.05) is 0 Å². The third-order valence-electron chi connectivity index (χ3n) is 4.97. The molecule has 29 heavy (non-hydrogen) atoms. The maximum absolute atomic E-state index is 13.2. The molecular weight excluding hydrogens is 373 g/mol. The molecule has 2 aromatic carbocycles. The summed E-state index contributed by atoms with van der Waals surface area (Å²) in [5.41, 5.74) is 1.47. The summed E-state index contributed by atoms with van der Waals surface area (Å²) in [7, 11) is 0. The molecule has 0 aromatic heterocycles. The molecule has 0 spiro atoms. The summed E-state index contributed by atoms with van der Waals surface area (Å²) in [5.74, 6) is 0.131. The second-order valence-corrected chi connectivity index (χ2v) is 7.47. The van der Waals surface area contributed by atoms with Crippen molar-refractivity contribution in [3.05, 3.63) is 65.5 Å². The van der Waals surface area contributed by atoms with E-state index in [0.717, 1.165) is 25.0 Å². The molecule has 2 aromatic rings. The lowest BCUT2D eigenvalue weighted by atomic mass is 10.1. The van der Waals surface area contributed by atoms with Gasteiger partial charge in [-0.15, -0.1) is 0 Å². The van der Waals surface area contributed by atoms with Gasteiger partial charge in [-0.25, -0.2) is 4.39 Å². The molecule has 5 nitrogen and oxygen atoms in total. The molecule has 0 saturated carbocycles. The molecule has 1 aliphatic heterocycles. The van der Waals surface area contributed by atoms with Crippen molar-refractivity contribution in [2.75, 3.05) is 26.3 Å². The van der Waals surface area contributed by atoms with Crippen molar-refractivity contribution in [1.82, 2.24) is 4.90 Å². The Bertz CT molecular complexity index is 790. The van der Waals surface area contributed by atoms with Crippen molar-refractivity contribution in [1.29, 1.82) is 0 Å². The van der Waals surface area contributed by atoms with Crippen molar-refractivity contribution in [3.63, 3.8) is 0 Å². The highest BCUT2D eigenvalue weighted by atomic mass is 19.1. The van der Waals surface area contributed by atoms with E-state index in [-0.39, 0.29) is 24.3 Å². The largest absolute Gasteiger partial charge is 0.490 e. The van der Waals surface area contributed by atoms with Crippen molar-refractivity contribution < 1.29 is 23.8 Å². The van der Waals surface area contributed by atoms with Crippen LogP contribution in [-0.4, -0.2) is 54.3 Å². The fourth-order valence-electron chi connectivity index (χ4n) is 3.55. The number of Topliss-reactive ketones (excluding diaryl/α,β-unsaturated/α-hetero) is 1. The molecule has 2 unspecified atom stereocenters. The number of benzene rings is 2. The summed E-state index contributed by atoms with van der Waals surface area (Å²) < 4.78 is 24.7. The number of rotatable bonds is 10. The first-order chi connectivity index (χ1) is 14.0. The molecule has 156 valence electrons. The quantitative estimate of drug-likeness (QED) is 0.618. The number of hydrogen-bond donors (Lipinski definition) is 1. The Morgan fingerprint density at radius 2 is 2.03 bits per heavy atom. The predicted molar refractivity (Wildman–Crippen MR) is 109 cm³/mol. The molecule has 1 saturated heterocycles. The van der Waals surface area contributed by atoms with Crippen LogP contribution in [0, 0.1) is 5.82 Å². The minimum Gasteiger partial charge on any atom is -0.490 e. The molecule has 0 aliphatic carbocycles. The van der Waals surface area contributed by atoms with E-state index in [2.05, 4.69) is 4.90 Å². The highest BCUT2D eigenvalue weighted by Gasteiger charge is 2.22. The van der Waals surface area contributed by atoms with Gasteiger partial charge in [-0.05, 0) is 49.6 Å². The van der Waals surface area contributed by atoms with Gasteiger partial charge in [-0.1, -0.05) is 24.3 Å². The van der Waals surface area contributed by atoms with Crippen molar-refractivity contribution in [3.8, 4) is 5.75 Å². The van der Waals surface area contributed by atoms with Gasteiger partial charge in [0.15, 0.2) is 5.78 Å². The summed E-state index contributed by atoms with van der Waals surface area (Å²) in [5, 5.41) is 10.6. The zero-order chi connectivity index (χ0) is 20.6. The lowest BCUT2D eigenvalue weighted by Gasteiger charge is -2.27. The lowest BCUT2D eigenvalue weighted by Crippen LogP contribution is -2.39. The minimum absolute atomic E-state index is 0.0774. The normalized spacial score (nSPS) is 17.4. The Labute approximate surface area is 171 Å². The summed E-state index contributed by atoms with van der Waals surface area (Å²) in [4.78, 5) is 13.8. The molecule has 6 heteroatoms. The minimum atomic E-state index is -0.739. The van der Waals surface area contributed by atoms with Crippen molar-refractivity contribution in [2.24, 2.45) is 0 Å². The fraction of sp³-hybridized carbons (Fsp3) is 0.435. The van der Waals surface area contributed by atoms with Crippen LogP contribution in [-0.2, 0) is 11.3 Å². The smallest absolute Gasteiger partial charge is 0.163 e. The summed E-state index contributed by atoms with van der Waals surface area (Å²) in [6.45, 7) is 4.00. The molecule has 1 heterocycles. The van der Waals surface area contributed by atoms with Crippen molar-refractivity contribution in [2.45, 2.75) is 38.5 Å². The van der Waals surface area contributed by atoms with Gasteiger partial charge in [0, 0.05) is 26.2 Å². The van der Waals surface area contributed by atoms with Crippen LogP contribution in [0.2, 0.25) is 0 Å². The van der Waals surface area contributed by atoms with Gasteiger partial charge in [0.05, 0.1) is 11.7 Å². The van der Waals surface area contributed by atoms with Gasteiger partial charge in [0.25, 0.3) is 0 Å². The SMILES string of the molecule is CC(=O)c1ccccc1OCC(O)CN(Cc1ccc(F)cc1)CC1CCCO1. The van der Waals surface area contributed by atoms with E-state index in [0.29, 0.717) is 30.9 Å². The Kier molecular flexibility index (Phi) is 7.75. The Morgan fingerprint density at radius 3 is 2.72 bits per heavy atom. The van der Waals surface area contributed by atoms with Crippen molar-refractivity contribution >= 4 is 5.78 Å². The first kappa shape index (κ1) is 21.4. The monoisotopic (exact) mass is 401 g/mol. The highest BCUT2D eigenvalue weighted by molar-refractivity contribution is 5.96. The van der Waals surface area contributed by atoms with Crippen LogP contribution in [0.15, 0.2) is 48.5 Å². The predicted octanol–water partition coefficient (Wildman–Crippen LogP) is 3.45. The molecule has 0 amide bonds. The fourth-order valence-corrected chi connectivity index (χ4v) is 3.55. The van der Waals surface area contributed by atoms with Crippen LogP contribution >= 0.6 is 0 Å². The molecule has 1 N–H and O–H groups in total. The third kappa shape index (κ3) is 6.63. The number of aliphatic hydroxyl groups is 1. The summed E-state index contributed by atoms with van der Waals surface area (Å²) in [6, 6.07) is 13.4. The maximum atomic E-state index is 13.2. The first-order valence-electron chi connectivity index (χ1n) is 10.0. The van der Waals surface area contributed by atoms with Gasteiger partial charge in [-0.2, -0.15) is 0 Å². The molecule has 1 fully saturated rings. The standard InChI is InChI=1S/C23H28FNO4/c1-17(26)22-6-2-3-7-23(22)29-16-20(27)14-25(15-21-5-4-12-28-21)13-18-8-10-19(24)11-9-18/h2-3,6-11,20-21,27H,4-5,12-16H2,1H3. The van der Waals surface area contributed by atoms with E-state index >= 15 is 0 Å². The first-order valence-corrected chi connectivity index (χ1v) is 10.0. The topological polar surface area (TPSA) is 59.0 Å². The number of halogens is 1. The summed E-state index contributed by atoms with van der Waals surface area (Å²) in [6.07, 6.45) is 1.44. The van der Waals surface area contributed by atoms with Crippen LogP contribution in [0.3, 0.4) is 0 Å². The summed E-state index contributed by atoms with van der Waals surface area (Å²) >= 11 is 0. The number of nitrogens with zero attached hydrogens (tertiary/aromatic N) is 1. The van der Waals surface area contributed by atoms with Gasteiger partial charge >= 0.3 is 0 Å². The molecule has 1 aliphatic rings. The second kappa shape index (κ2) is 10.5. The molecular formula is C23H28FNO4. The van der Waals surface area contributed by atoms with Gasteiger partial charge < -0.3 is 14.6 Å². The number of carbonyl (C=O) groups excluding carboxylic acids is 1. The zero-order valence-corrected chi connectivity index (χ0v) is 16.7. The van der Waals surface area contributed by atoms with Gasteiger partial charge in [0.2, 0.25) is 0 Å². The Balaban J connectivity index is 1.60. The van der Waals surface area contributed by atoms with Gasteiger partial charge in [-0.3, -0.25) is 9.69 Å². The average molecular weight is 401 g/mol. The lowest BCUT2D eigenvalue weighted by molar-refractivity contribution is 0.0312. The van der Waals surface area contributed by atoms with Crippen LogP contribution in [0.25, 0.3) is 0 Å². The zero-order valence-electron chi connectivity index (χ0n) is 16.7. The molecule has 0 radical (unpaired) electrons. The third-order valence-corrected chi connectivity index (χ3v) is 4.97. The highest BCUT2D eigenvalue weighted by Crippen LogP contribution is 2.19. The second-order valence-electron chi connectivity index (χ2n) is 7.47. The maximum Gasteiger partial charge on any atom is 0.163 e. The number of carbonyl (C=O) groups is 1. The van der Waals surface area contributed by atoms with E-state index < -0.39 is 6.10 Å². The Hall–Kier alpha value is -2.28. The van der Waals surface area contributed by atoms with Crippen LogP contribution in [0.4, 0.5) is 4.39 Å².